The Kier molecular flexibility index (Phi) is 3.60. The van der Waals surface area contributed by atoms with Gasteiger partial charge in [-0.2, -0.15) is 0 Å². The average molecular weight is 276 g/mol. The lowest BCUT2D eigenvalue weighted by Crippen LogP contribution is -2.48. The standard InChI is InChI=1S/C13H16N4O3/c1-17-11(18)5-4-10(13(17)20)16-9-3-2-7(14)6-8(9)12(15)19/h2-3,6,10,16H,4-5,14H2,1H3,(H2,15,19). The molecule has 0 aliphatic carbocycles. The highest BCUT2D eigenvalue weighted by Crippen LogP contribution is 2.22. The van der Waals surface area contributed by atoms with Gasteiger partial charge in [0.15, 0.2) is 0 Å². The molecule has 1 heterocycles. The normalized spacial score (nSPS) is 19.1. The zero-order valence-corrected chi connectivity index (χ0v) is 11.1. The van der Waals surface area contributed by atoms with E-state index in [0.29, 0.717) is 17.8 Å². The van der Waals surface area contributed by atoms with Crippen molar-refractivity contribution in [3.05, 3.63) is 23.8 Å². The lowest BCUT2D eigenvalue weighted by atomic mass is 10.0. The molecular weight excluding hydrogens is 260 g/mol. The number of rotatable bonds is 3. The molecule has 1 atom stereocenters. The molecule has 1 aromatic rings. The number of likely N-dealkylation sites (N-methyl/N-ethyl adjacent to an activating group) is 1. The number of amides is 3. The quantitative estimate of drug-likeness (QED) is 0.527. The van der Waals surface area contributed by atoms with E-state index in [1.54, 1.807) is 12.1 Å². The summed E-state index contributed by atoms with van der Waals surface area (Å²) < 4.78 is 0. The number of nitrogens with two attached hydrogens (primary N) is 2. The molecule has 0 aromatic heterocycles. The third-order valence-electron chi connectivity index (χ3n) is 3.29. The number of likely N-dealkylation sites (tertiary alicyclic amines) is 1. The zero-order chi connectivity index (χ0) is 14.9. The van der Waals surface area contributed by atoms with Crippen LogP contribution in [0.3, 0.4) is 0 Å². The van der Waals surface area contributed by atoms with Crippen LogP contribution in [0.5, 0.6) is 0 Å². The molecule has 106 valence electrons. The van der Waals surface area contributed by atoms with E-state index in [0.717, 1.165) is 4.90 Å². The minimum atomic E-state index is -0.632. The number of hydrogen-bond donors (Lipinski definition) is 3. The van der Waals surface area contributed by atoms with E-state index in [1.165, 1.54) is 13.1 Å². The summed E-state index contributed by atoms with van der Waals surface area (Å²) in [6.07, 6.45) is 0.658. The molecule has 1 saturated heterocycles. The maximum Gasteiger partial charge on any atom is 0.251 e. The summed E-state index contributed by atoms with van der Waals surface area (Å²) in [5.74, 6) is -1.17. The van der Waals surface area contributed by atoms with E-state index in [-0.39, 0.29) is 23.8 Å². The third-order valence-corrected chi connectivity index (χ3v) is 3.29. The summed E-state index contributed by atoms with van der Waals surface area (Å²) in [7, 11) is 1.44. The number of nitrogens with one attached hydrogen (secondary N) is 1. The first-order valence-corrected chi connectivity index (χ1v) is 6.16. The summed E-state index contributed by atoms with van der Waals surface area (Å²) in [5, 5.41) is 2.96. The van der Waals surface area contributed by atoms with Crippen molar-refractivity contribution in [2.75, 3.05) is 18.1 Å². The van der Waals surface area contributed by atoms with Crippen LogP contribution < -0.4 is 16.8 Å². The van der Waals surface area contributed by atoms with Gasteiger partial charge in [-0.05, 0) is 24.6 Å². The Balaban J connectivity index is 2.24. The lowest BCUT2D eigenvalue weighted by molar-refractivity contribution is -0.146. The minimum Gasteiger partial charge on any atom is -0.399 e. The van der Waals surface area contributed by atoms with Crippen LogP contribution in [0.15, 0.2) is 18.2 Å². The topological polar surface area (TPSA) is 119 Å². The van der Waals surface area contributed by atoms with Crippen molar-refractivity contribution < 1.29 is 14.4 Å². The molecule has 20 heavy (non-hydrogen) atoms. The second kappa shape index (κ2) is 5.20. The van der Waals surface area contributed by atoms with E-state index >= 15 is 0 Å². The first kappa shape index (κ1) is 13.9. The predicted octanol–water partition coefficient (Wildman–Crippen LogP) is -0.0730. The van der Waals surface area contributed by atoms with Crippen molar-refractivity contribution in [3.63, 3.8) is 0 Å². The molecule has 1 fully saturated rings. The number of primary amides is 1. The molecule has 1 unspecified atom stereocenters. The maximum absolute atomic E-state index is 12.0. The van der Waals surface area contributed by atoms with E-state index in [2.05, 4.69) is 5.32 Å². The molecule has 1 aliphatic heterocycles. The summed E-state index contributed by atoms with van der Waals surface area (Å²) in [5.41, 5.74) is 12.0. The highest BCUT2D eigenvalue weighted by molar-refractivity contribution is 6.03. The third kappa shape index (κ3) is 2.56. The Morgan fingerprint density at radius 2 is 2.10 bits per heavy atom. The van der Waals surface area contributed by atoms with E-state index < -0.39 is 11.9 Å². The van der Waals surface area contributed by atoms with E-state index in [1.807, 2.05) is 0 Å². The van der Waals surface area contributed by atoms with Crippen LogP contribution >= 0.6 is 0 Å². The van der Waals surface area contributed by atoms with Gasteiger partial charge in [-0.25, -0.2) is 0 Å². The number of nitrogen functional groups attached to an aromatic ring is 1. The summed E-state index contributed by atoms with van der Waals surface area (Å²) >= 11 is 0. The van der Waals surface area contributed by atoms with Crippen LogP contribution in [0.25, 0.3) is 0 Å². The van der Waals surface area contributed by atoms with E-state index in [9.17, 15) is 14.4 Å². The van der Waals surface area contributed by atoms with Gasteiger partial charge in [-0.3, -0.25) is 19.3 Å². The van der Waals surface area contributed by atoms with Crippen LogP contribution in [-0.4, -0.2) is 35.7 Å². The largest absolute Gasteiger partial charge is 0.399 e. The molecule has 0 saturated carbocycles. The number of imide groups is 1. The monoisotopic (exact) mass is 276 g/mol. The molecule has 7 nitrogen and oxygen atoms in total. The number of piperidine rings is 1. The molecule has 2 rings (SSSR count). The lowest BCUT2D eigenvalue weighted by Gasteiger charge is -2.29. The number of benzene rings is 1. The maximum atomic E-state index is 12.0. The van der Waals surface area contributed by atoms with Gasteiger partial charge in [0.05, 0.1) is 5.56 Å². The van der Waals surface area contributed by atoms with Gasteiger partial charge < -0.3 is 16.8 Å². The van der Waals surface area contributed by atoms with Gasteiger partial charge in [-0.15, -0.1) is 0 Å². The zero-order valence-electron chi connectivity index (χ0n) is 11.1. The molecule has 0 spiro atoms. The van der Waals surface area contributed by atoms with Crippen LogP contribution in [0.1, 0.15) is 23.2 Å². The molecule has 1 aromatic carbocycles. The molecular formula is C13H16N4O3. The molecule has 1 aliphatic rings. The summed E-state index contributed by atoms with van der Waals surface area (Å²) in [6.45, 7) is 0. The fourth-order valence-electron chi connectivity index (χ4n) is 2.13. The highest BCUT2D eigenvalue weighted by atomic mass is 16.2. The fraction of sp³-hybridized carbons (Fsp3) is 0.308. The Bertz CT molecular complexity index is 585. The second-order valence-electron chi connectivity index (χ2n) is 4.70. The van der Waals surface area contributed by atoms with E-state index in [4.69, 9.17) is 11.5 Å². The van der Waals surface area contributed by atoms with Crippen molar-refractivity contribution in [2.24, 2.45) is 5.73 Å². The molecule has 0 radical (unpaired) electrons. The number of carbonyl (C=O) groups is 3. The van der Waals surface area contributed by atoms with Crippen molar-refractivity contribution in [1.82, 2.24) is 4.90 Å². The Morgan fingerprint density at radius 1 is 1.40 bits per heavy atom. The Morgan fingerprint density at radius 3 is 2.75 bits per heavy atom. The average Bonchev–Trinajstić information content (AvgIpc) is 2.41. The molecule has 3 amide bonds. The Hall–Kier alpha value is -2.57. The number of anilines is 2. The van der Waals surface area contributed by atoms with Crippen LogP contribution in [0, 0.1) is 0 Å². The molecule has 0 bridgehead atoms. The Labute approximate surface area is 115 Å². The number of carbonyl (C=O) groups excluding carboxylic acids is 3. The van der Waals surface area contributed by atoms with Gasteiger partial charge in [0.25, 0.3) is 11.8 Å². The van der Waals surface area contributed by atoms with Gasteiger partial charge >= 0.3 is 0 Å². The summed E-state index contributed by atoms with van der Waals surface area (Å²) in [4.78, 5) is 35.9. The van der Waals surface area contributed by atoms with Crippen molar-refractivity contribution >= 4 is 29.1 Å². The fourth-order valence-corrected chi connectivity index (χ4v) is 2.13. The first-order chi connectivity index (χ1) is 9.40. The smallest absolute Gasteiger partial charge is 0.251 e. The van der Waals surface area contributed by atoms with Gasteiger partial charge in [0, 0.05) is 24.8 Å². The van der Waals surface area contributed by atoms with Crippen LogP contribution in [-0.2, 0) is 9.59 Å². The van der Waals surface area contributed by atoms with Crippen LogP contribution in [0.2, 0.25) is 0 Å². The molecule has 7 heteroatoms. The summed E-state index contributed by atoms with van der Waals surface area (Å²) in [6, 6.07) is 4.10. The minimum absolute atomic E-state index is 0.208. The second-order valence-corrected chi connectivity index (χ2v) is 4.70. The van der Waals surface area contributed by atoms with Crippen molar-refractivity contribution in [2.45, 2.75) is 18.9 Å². The van der Waals surface area contributed by atoms with Crippen LogP contribution in [0.4, 0.5) is 11.4 Å². The predicted molar refractivity (Wildman–Crippen MR) is 73.8 cm³/mol. The SMILES string of the molecule is CN1C(=O)CCC(Nc2ccc(N)cc2C(N)=O)C1=O. The van der Waals surface area contributed by atoms with Gasteiger partial charge in [0.2, 0.25) is 5.91 Å². The number of hydrogen-bond acceptors (Lipinski definition) is 5. The van der Waals surface area contributed by atoms with Crippen molar-refractivity contribution in [3.8, 4) is 0 Å². The highest BCUT2D eigenvalue weighted by Gasteiger charge is 2.32. The van der Waals surface area contributed by atoms with Crippen molar-refractivity contribution in [1.29, 1.82) is 0 Å². The van der Waals surface area contributed by atoms with Gasteiger partial charge in [-0.1, -0.05) is 0 Å². The molecule has 5 N–H and O–H groups in total. The number of nitrogens with zero attached hydrogens (tertiary/aromatic N) is 1. The first-order valence-electron chi connectivity index (χ1n) is 6.16. The van der Waals surface area contributed by atoms with Gasteiger partial charge in [0.1, 0.15) is 6.04 Å².